The number of aryl methyl sites for hydroxylation is 2. The SMILES string of the molecule is Cc1sc2nc(CN3CCN(c4ncnc5cc(Cl)ccc45)CC3)[nH]c(=O)c2c1C. The maximum absolute atomic E-state index is 12.5. The summed E-state index contributed by atoms with van der Waals surface area (Å²) >= 11 is 7.69. The van der Waals surface area contributed by atoms with Crippen molar-refractivity contribution in [2.45, 2.75) is 20.4 Å². The number of nitrogens with one attached hydrogen (secondary N) is 1. The summed E-state index contributed by atoms with van der Waals surface area (Å²) in [5.74, 6) is 1.66. The lowest BCUT2D eigenvalue weighted by molar-refractivity contribution is 0.244. The first-order valence-corrected chi connectivity index (χ1v) is 11.1. The van der Waals surface area contributed by atoms with Crippen LogP contribution in [0.25, 0.3) is 21.1 Å². The molecule has 1 aliphatic heterocycles. The highest BCUT2D eigenvalue weighted by molar-refractivity contribution is 7.18. The van der Waals surface area contributed by atoms with Gasteiger partial charge in [-0.15, -0.1) is 11.3 Å². The Bertz CT molecular complexity index is 1310. The summed E-state index contributed by atoms with van der Waals surface area (Å²) in [6.45, 7) is 8.07. The molecular formula is C21H21ClN6OS. The van der Waals surface area contributed by atoms with Crippen LogP contribution in [-0.2, 0) is 6.54 Å². The minimum Gasteiger partial charge on any atom is -0.353 e. The Hall–Kier alpha value is -2.55. The molecule has 1 aliphatic rings. The maximum Gasteiger partial charge on any atom is 0.259 e. The Balaban J connectivity index is 1.32. The molecule has 0 spiro atoms. The molecule has 1 fully saturated rings. The van der Waals surface area contributed by atoms with E-state index in [4.69, 9.17) is 16.6 Å². The maximum atomic E-state index is 12.5. The number of rotatable bonds is 3. The Morgan fingerprint density at radius 2 is 1.97 bits per heavy atom. The third kappa shape index (κ3) is 3.45. The van der Waals surface area contributed by atoms with E-state index in [1.807, 2.05) is 32.0 Å². The molecule has 1 N–H and O–H groups in total. The van der Waals surface area contributed by atoms with Gasteiger partial charge in [-0.3, -0.25) is 9.69 Å². The van der Waals surface area contributed by atoms with E-state index in [2.05, 4.69) is 24.8 Å². The molecule has 30 heavy (non-hydrogen) atoms. The summed E-state index contributed by atoms with van der Waals surface area (Å²) in [5.41, 5.74) is 1.84. The average molecular weight is 441 g/mol. The Morgan fingerprint density at radius 1 is 1.17 bits per heavy atom. The topological polar surface area (TPSA) is 78.0 Å². The molecule has 0 radical (unpaired) electrons. The fraction of sp³-hybridized carbons (Fsp3) is 0.333. The molecule has 3 aromatic heterocycles. The molecule has 5 rings (SSSR count). The molecule has 0 atom stereocenters. The van der Waals surface area contributed by atoms with E-state index < -0.39 is 0 Å². The number of benzene rings is 1. The molecule has 4 aromatic rings. The lowest BCUT2D eigenvalue weighted by Crippen LogP contribution is -2.46. The van der Waals surface area contributed by atoms with Gasteiger partial charge in [0.15, 0.2) is 0 Å². The largest absolute Gasteiger partial charge is 0.353 e. The zero-order chi connectivity index (χ0) is 20.8. The Kier molecular flexibility index (Phi) is 4.92. The first-order valence-electron chi connectivity index (χ1n) is 9.86. The van der Waals surface area contributed by atoms with Crippen LogP contribution in [0.1, 0.15) is 16.3 Å². The van der Waals surface area contributed by atoms with Crippen molar-refractivity contribution in [3.05, 3.63) is 56.2 Å². The fourth-order valence-corrected chi connectivity index (χ4v) is 5.19. The molecule has 9 heteroatoms. The van der Waals surface area contributed by atoms with E-state index in [0.717, 1.165) is 69.4 Å². The molecule has 0 saturated carbocycles. The molecule has 0 aliphatic carbocycles. The Labute approximate surface area is 182 Å². The zero-order valence-electron chi connectivity index (χ0n) is 16.8. The lowest BCUT2D eigenvalue weighted by atomic mass is 10.2. The summed E-state index contributed by atoms with van der Waals surface area (Å²) in [7, 11) is 0. The van der Waals surface area contributed by atoms with Crippen molar-refractivity contribution in [2.75, 3.05) is 31.1 Å². The van der Waals surface area contributed by atoms with E-state index >= 15 is 0 Å². The number of halogens is 1. The van der Waals surface area contributed by atoms with Crippen molar-refractivity contribution in [1.82, 2.24) is 24.8 Å². The standard InChI is InChI=1S/C21H21ClN6OS/c1-12-13(2)30-21-18(12)20(29)25-17(26-21)10-27-5-7-28(8-6-27)19-15-4-3-14(22)9-16(15)23-11-24-19/h3-4,9,11H,5-8,10H2,1-2H3,(H,25,26,29). The molecule has 4 heterocycles. The predicted molar refractivity (Wildman–Crippen MR) is 122 cm³/mol. The van der Waals surface area contributed by atoms with Gasteiger partial charge in [-0.2, -0.15) is 0 Å². The van der Waals surface area contributed by atoms with Gasteiger partial charge < -0.3 is 9.88 Å². The molecule has 1 aromatic carbocycles. The predicted octanol–water partition coefficient (Wildman–Crippen LogP) is 3.52. The normalized spacial score (nSPS) is 15.4. The van der Waals surface area contributed by atoms with Crippen LogP contribution in [0.4, 0.5) is 5.82 Å². The minimum absolute atomic E-state index is 0.0402. The van der Waals surface area contributed by atoms with Gasteiger partial charge in [0.25, 0.3) is 5.56 Å². The summed E-state index contributed by atoms with van der Waals surface area (Å²) in [6, 6.07) is 5.72. The van der Waals surface area contributed by atoms with Crippen LogP contribution in [-0.4, -0.2) is 51.0 Å². The van der Waals surface area contributed by atoms with Gasteiger partial charge in [0, 0.05) is 41.5 Å². The monoisotopic (exact) mass is 440 g/mol. The van der Waals surface area contributed by atoms with Crippen molar-refractivity contribution in [2.24, 2.45) is 0 Å². The number of thiophene rings is 1. The van der Waals surface area contributed by atoms with Crippen LogP contribution in [0, 0.1) is 13.8 Å². The van der Waals surface area contributed by atoms with Crippen LogP contribution < -0.4 is 10.5 Å². The number of aromatic amines is 1. The number of nitrogens with zero attached hydrogens (tertiary/aromatic N) is 5. The van der Waals surface area contributed by atoms with Crippen LogP contribution in [0.3, 0.4) is 0 Å². The number of anilines is 1. The first kappa shape index (κ1) is 19.4. The van der Waals surface area contributed by atoms with E-state index in [1.165, 1.54) is 0 Å². The highest BCUT2D eigenvalue weighted by atomic mass is 35.5. The van der Waals surface area contributed by atoms with Crippen LogP contribution in [0.5, 0.6) is 0 Å². The molecule has 0 unspecified atom stereocenters. The highest BCUT2D eigenvalue weighted by Gasteiger charge is 2.21. The third-order valence-corrected chi connectivity index (χ3v) is 7.05. The first-order chi connectivity index (χ1) is 14.5. The molecule has 0 amide bonds. The summed E-state index contributed by atoms with van der Waals surface area (Å²) in [5, 5.41) is 2.41. The van der Waals surface area contributed by atoms with Gasteiger partial charge >= 0.3 is 0 Å². The summed E-state index contributed by atoms with van der Waals surface area (Å²) in [4.78, 5) is 35.6. The highest BCUT2D eigenvalue weighted by Crippen LogP contribution is 2.27. The second kappa shape index (κ2) is 7.61. The summed E-state index contributed by atoms with van der Waals surface area (Å²) < 4.78 is 0. The van der Waals surface area contributed by atoms with Gasteiger partial charge in [-0.25, -0.2) is 15.0 Å². The van der Waals surface area contributed by atoms with Crippen LogP contribution >= 0.6 is 22.9 Å². The van der Waals surface area contributed by atoms with E-state index in [0.29, 0.717) is 11.6 Å². The summed E-state index contributed by atoms with van der Waals surface area (Å²) in [6.07, 6.45) is 1.59. The number of hydrogen-bond donors (Lipinski definition) is 1. The quantitative estimate of drug-likeness (QED) is 0.525. The number of aromatic nitrogens is 4. The molecule has 7 nitrogen and oxygen atoms in total. The number of hydrogen-bond acceptors (Lipinski definition) is 7. The van der Waals surface area contributed by atoms with E-state index in [1.54, 1.807) is 17.7 Å². The number of piperazine rings is 1. The molecular weight excluding hydrogens is 420 g/mol. The average Bonchev–Trinajstić information content (AvgIpc) is 3.02. The van der Waals surface area contributed by atoms with E-state index in [-0.39, 0.29) is 5.56 Å². The smallest absolute Gasteiger partial charge is 0.259 e. The fourth-order valence-electron chi connectivity index (χ4n) is 3.97. The van der Waals surface area contributed by atoms with Crippen LogP contribution in [0.2, 0.25) is 5.02 Å². The van der Waals surface area contributed by atoms with Gasteiger partial charge in [0.05, 0.1) is 17.4 Å². The van der Waals surface area contributed by atoms with Crippen LogP contribution in [0.15, 0.2) is 29.3 Å². The van der Waals surface area contributed by atoms with E-state index in [9.17, 15) is 4.79 Å². The van der Waals surface area contributed by atoms with Gasteiger partial charge in [-0.1, -0.05) is 11.6 Å². The third-order valence-electron chi connectivity index (χ3n) is 5.71. The molecule has 1 saturated heterocycles. The van der Waals surface area contributed by atoms with Crippen molar-refractivity contribution in [3.8, 4) is 0 Å². The van der Waals surface area contributed by atoms with Crippen molar-refractivity contribution in [1.29, 1.82) is 0 Å². The lowest BCUT2D eigenvalue weighted by Gasteiger charge is -2.35. The van der Waals surface area contributed by atoms with Crippen molar-refractivity contribution >= 4 is 49.9 Å². The zero-order valence-corrected chi connectivity index (χ0v) is 18.3. The minimum atomic E-state index is -0.0402. The Morgan fingerprint density at radius 3 is 2.77 bits per heavy atom. The second-order valence-electron chi connectivity index (χ2n) is 7.60. The van der Waals surface area contributed by atoms with Gasteiger partial charge in [-0.05, 0) is 37.6 Å². The number of H-pyrrole nitrogens is 1. The van der Waals surface area contributed by atoms with Gasteiger partial charge in [0.1, 0.15) is 22.8 Å². The number of fused-ring (bicyclic) bond motifs is 2. The van der Waals surface area contributed by atoms with Crippen molar-refractivity contribution in [3.63, 3.8) is 0 Å². The molecule has 154 valence electrons. The van der Waals surface area contributed by atoms with Gasteiger partial charge in [0.2, 0.25) is 0 Å². The van der Waals surface area contributed by atoms with Crippen molar-refractivity contribution < 1.29 is 0 Å². The second-order valence-corrected chi connectivity index (χ2v) is 9.24. The molecule has 0 bridgehead atoms.